The Morgan fingerprint density at radius 2 is 1.73 bits per heavy atom. The number of rotatable bonds is 4. The fraction of sp³-hybridized carbons (Fsp3) is 0.211. The van der Waals surface area contributed by atoms with Crippen LogP contribution in [-0.2, 0) is 6.42 Å². The average molecular weight is 364 g/mol. The highest BCUT2D eigenvalue weighted by atomic mass is 19.4. The van der Waals surface area contributed by atoms with Crippen molar-refractivity contribution >= 4 is 11.9 Å². The van der Waals surface area contributed by atoms with Crippen LogP contribution in [0.2, 0.25) is 0 Å². The number of ketones is 1. The molecule has 0 heterocycles. The van der Waals surface area contributed by atoms with Crippen LogP contribution in [0.1, 0.15) is 21.5 Å². The first-order valence-corrected chi connectivity index (χ1v) is 7.66. The lowest BCUT2D eigenvalue weighted by Crippen LogP contribution is -2.17. The quantitative estimate of drug-likeness (QED) is 0.753. The molecule has 0 unspecified atom stereocenters. The summed E-state index contributed by atoms with van der Waals surface area (Å²) in [6.45, 7) is 0. The van der Waals surface area contributed by atoms with Crippen LogP contribution in [0.25, 0.3) is 6.08 Å². The zero-order valence-electron chi connectivity index (χ0n) is 14.0. The van der Waals surface area contributed by atoms with Gasteiger partial charge in [-0.3, -0.25) is 4.79 Å². The molecular formula is C19H15F3O4. The van der Waals surface area contributed by atoms with Gasteiger partial charge in [-0.2, -0.15) is 0 Å². The number of allylic oxidation sites excluding steroid dienone is 1. The molecule has 0 bridgehead atoms. The molecule has 0 aliphatic heterocycles. The van der Waals surface area contributed by atoms with Crippen LogP contribution in [0, 0.1) is 0 Å². The highest BCUT2D eigenvalue weighted by molar-refractivity contribution is 6.15. The van der Waals surface area contributed by atoms with Gasteiger partial charge in [-0.1, -0.05) is 12.1 Å². The Morgan fingerprint density at radius 1 is 1.04 bits per heavy atom. The zero-order valence-corrected chi connectivity index (χ0v) is 14.0. The SMILES string of the molecule is COc1cc2c(cc1OC)C(=O)C(=Cc1cccc(OC(F)(F)F)c1)C2. The van der Waals surface area contributed by atoms with E-state index < -0.39 is 6.36 Å². The number of fused-ring (bicyclic) bond motifs is 1. The number of halogens is 3. The van der Waals surface area contributed by atoms with Gasteiger partial charge in [0.15, 0.2) is 17.3 Å². The minimum atomic E-state index is -4.77. The molecule has 1 aliphatic rings. The number of benzene rings is 2. The number of carbonyl (C=O) groups is 1. The molecular weight excluding hydrogens is 349 g/mol. The predicted octanol–water partition coefficient (Wildman–Crippen LogP) is 4.42. The van der Waals surface area contributed by atoms with Gasteiger partial charge in [0.05, 0.1) is 14.2 Å². The Labute approximate surface area is 147 Å². The maximum atomic E-state index is 12.6. The standard InChI is InChI=1S/C19H15F3O4/c1-24-16-9-12-8-13(18(23)15(12)10-17(16)25-2)6-11-4-3-5-14(7-11)26-19(20,21)22/h3-7,9-10H,8H2,1-2H3. The summed E-state index contributed by atoms with van der Waals surface area (Å²) in [5, 5.41) is 0. The molecule has 0 radical (unpaired) electrons. The third-order valence-corrected chi connectivity index (χ3v) is 3.96. The van der Waals surface area contributed by atoms with Gasteiger partial charge < -0.3 is 14.2 Å². The number of carbonyl (C=O) groups excluding carboxylic acids is 1. The lowest BCUT2D eigenvalue weighted by Gasteiger charge is -2.09. The molecule has 1 aliphatic carbocycles. The monoisotopic (exact) mass is 364 g/mol. The van der Waals surface area contributed by atoms with Gasteiger partial charge in [-0.15, -0.1) is 13.2 Å². The third kappa shape index (κ3) is 3.66. The summed E-state index contributed by atoms with van der Waals surface area (Å²) in [4.78, 5) is 12.6. The van der Waals surface area contributed by atoms with Crippen molar-refractivity contribution in [3.63, 3.8) is 0 Å². The lowest BCUT2D eigenvalue weighted by atomic mass is 10.1. The van der Waals surface area contributed by atoms with E-state index in [9.17, 15) is 18.0 Å². The molecule has 0 aromatic heterocycles. The van der Waals surface area contributed by atoms with E-state index in [0.29, 0.717) is 34.6 Å². The number of ether oxygens (including phenoxy) is 3. The normalized spacial score (nSPS) is 15.1. The summed E-state index contributed by atoms with van der Waals surface area (Å²) in [5.41, 5.74) is 2.19. The summed E-state index contributed by atoms with van der Waals surface area (Å²) >= 11 is 0. The first-order chi connectivity index (χ1) is 12.3. The Balaban J connectivity index is 1.91. The number of hydrogen-bond donors (Lipinski definition) is 0. The molecule has 0 atom stereocenters. The van der Waals surface area contributed by atoms with Crippen LogP contribution in [0.4, 0.5) is 13.2 Å². The molecule has 0 saturated carbocycles. The topological polar surface area (TPSA) is 44.8 Å². The van der Waals surface area contributed by atoms with E-state index in [1.165, 1.54) is 32.4 Å². The van der Waals surface area contributed by atoms with Gasteiger partial charge in [-0.25, -0.2) is 0 Å². The third-order valence-electron chi connectivity index (χ3n) is 3.96. The summed E-state index contributed by atoms with van der Waals surface area (Å²) in [5.74, 6) is 0.434. The molecule has 3 rings (SSSR count). The molecule has 0 spiro atoms. The molecule has 0 amide bonds. The lowest BCUT2D eigenvalue weighted by molar-refractivity contribution is -0.274. The highest BCUT2D eigenvalue weighted by Gasteiger charge is 2.31. The minimum absolute atomic E-state index is 0.192. The molecule has 26 heavy (non-hydrogen) atoms. The van der Waals surface area contributed by atoms with Crippen LogP contribution in [0.5, 0.6) is 17.2 Å². The van der Waals surface area contributed by atoms with Gasteiger partial charge >= 0.3 is 6.36 Å². The number of hydrogen-bond acceptors (Lipinski definition) is 4. The van der Waals surface area contributed by atoms with Crippen LogP contribution < -0.4 is 14.2 Å². The van der Waals surface area contributed by atoms with Gasteiger partial charge in [0.25, 0.3) is 0 Å². The fourth-order valence-corrected chi connectivity index (χ4v) is 2.86. The van der Waals surface area contributed by atoms with Crippen molar-refractivity contribution in [2.24, 2.45) is 0 Å². The van der Waals surface area contributed by atoms with Crippen molar-refractivity contribution in [2.75, 3.05) is 14.2 Å². The number of Topliss-reactive ketones (excluding diaryl/α,β-unsaturated/α-hetero) is 1. The smallest absolute Gasteiger partial charge is 0.493 e. The highest BCUT2D eigenvalue weighted by Crippen LogP contribution is 2.37. The Morgan fingerprint density at radius 3 is 2.38 bits per heavy atom. The second-order valence-electron chi connectivity index (χ2n) is 5.66. The van der Waals surface area contributed by atoms with E-state index >= 15 is 0 Å². The van der Waals surface area contributed by atoms with Crippen molar-refractivity contribution in [2.45, 2.75) is 12.8 Å². The Bertz CT molecular complexity index is 885. The van der Waals surface area contributed by atoms with Crippen molar-refractivity contribution < 1.29 is 32.2 Å². The zero-order chi connectivity index (χ0) is 18.9. The maximum absolute atomic E-state index is 12.6. The van der Waals surface area contributed by atoms with Gasteiger partial charge in [0, 0.05) is 17.6 Å². The molecule has 0 N–H and O–H groups in total. The first kappa shape index (κ1) is 17.8. The molecule has 0 fully saturated rings. The van der Waals surface area contributed by atoms with E-state index in [4.69, 9.17) is 9.47 Å². The van der Waals surface area contributed by atoms with E-state index in [1.54, 1.807) is 24.3 Å². The molecule has 0 saturated heterocycles. The van der Waals surface area contributed by atoms with Gasteiger partial charge in [0.1, 0.15) is 5.75 Å². The van der Waals surface area contributed by atoms with Crippen molar-refractivity contribution in [1.82, 2.24) is 0 Å². The summed E-state index contributed by atoms with van der Waals surface area (Å²) in [6, 6.07) is 8.82. The largest absolute Gasteiger partial charge is 0.573 e. The van der Waals surface area contributed by atoms with Crippen LogP contribution >= 0.6 is 0 Å². The van der Waals surface area contributed by atoms with Crippen molar-refractivity contribution in [3.8, 4) is 17.2 Å². The van der Waals surface area contributed by atoms with Gasteiger partial charge in [0.2, 0.25) is 0 Å². The molecule has 2 aromatic carbocycles. The second kappa shape index (κ2) is 6.74. The fourth-order valence-electron chi connectivity index (χ4n) is 2.86. The summed E-state index contributed by atoms with van der Waals surface area (Å²) in [6.07, 6.45) is -2.85. The minimum Gasteiger partial charge on any atom is -0.493 e. The van der Waals surface area contributed by atoms with Gasteiger partial charge in [-0.05, 0) is 41.5 Å². The van der Waals surface area contributed by atoms with E-state index in [2.05, 4.69) is 4.74 Å². The first-order valence-electron chi connectivity index (χ1n) is 7.66. The molecule has 4 nitrogen and oxygen atoms in total. The number of alkyl halides is 3. The van der Waals surface area contributed by atoms with E-state index in [-0.39, 0.29) is 11.5 Å². The number of methoxy groups -OCH3 is 2. The Kier molecular flexibility index (Phi) is 4.63. The second-order valence-corrected chi connectivity index (χ2v) is 5.66. The summed E-state index contributed by atoms with van der Waals surface area (Å²) in [7, 11) is 2.98. The molecule has 7 heteroatoms. The average Bonchev–Trinajstić information content (AvgIpc) is 2.87. The van der Waals surface area contributed by atoms with Crippen LogP contribution in [0.15, 0.2) is 42.0 Å². The van der Waals surface area contributed by atoms with Crippen molar-refractivity contribution in [3.05, 3.63) is 58.7 Å². The van der Waals surface area contributed by atoms with Crippen molar-refractivity contribution in [1.29, 1.82) is 0 Å². The Hall–Kier alpha value is -2.96. The predicted molar refractivity (Wildman–Crippen MR) is 88.7 cm³/mol. The van der Waals surface area contributed by atoms with Crippen LogP contribution in [-0.4, -0.2) is 26.4 Å². The molecule has 136 valence electrons. The van der Waals surface area contributed by atoms with E-state index in [1.807, 2.05) is 0 Å². The maximum Gasteiger partial charge on any atom is 0.573 e. The van der Waals surface area contributed by atoms with Crippen LogP contribution in [0.3, 0.4) is 0 Å². The van der Waals surface area contributed by atoms with E-state index in [0.717, 1.165) is 5.56 Å². The summed E-state index contributed by atoms with van der Waals surface area (Å²) < 4.78 is 51.4. The molecule has 2 aromatic rings.